The van der Waals surface area contributed by atoms with Gasteiger partial charge in [0.1, 0.15) is 0 Å². The summed E-state index contributed by atoms with van der Waals surface area (Å²) in [5.41, 5.74) is 7.67. The number of hydrogen-bond donors (Lipinski definition) is 1. The first-order valence-corrected chi connectivity index (χ1v) is 7.60. The van der Waals surface area contributed by atoms with Crippen LogP contribution in [0.1, 0.15) is 42.1 Å². The van der Waals surface area contributed by atoms with Gasteiger partial charge < -0.3 is 5.73 Å². The van der Waals surface area contributed by atoms with E-state index in [1.54, 1.807) is 0 Å². The SMILES string of the molecule is CC(C)(C)c1ccc(C(N)c2ccc(Br)cc2)s1. The normalized spacial score (nSPS) is 13.6. The number of thiophene rings is 1. The van der Waals surface area contributed by atoms with E-state index in [9.17, 15) is 0 Å². The highest BCUT2D eigenvalue weighted by Gasteiger charge is 2.18. The molecule has 2 aromatic rings. The Morgan fingerprint density at radius 1 is 1.06 bits per heavy atom. The fraction of sp³-hybridized carbons (Fsp3) is 0.333. The molecule has 1 unspecified atom stereocenters. The lowest BCUT2D eigenvalue weighted by atomic mass is 9.95. The van der Waals surface area contributed by atoms with E-state index in [-0.39, 0.29) is 11.5 Å². The maximum Gasteiger partial charge on any atom is 0.0646 e. The molecule has 0 aliphatic rings. The molecule has 0 aliphatic carbocycles. The predicted molar refractivity (Wildman–Crippen MR) is 83.2 cm³/mol. The Balaban J connectivity index is 2.26. The summed E-state index contributed by atoms with van der Waals surface area (Å²) in [5.74, 6) is 0. The van der Waals surface area contributed by atoms with Gasteiger partial charge in [-0.1, -0.05) is 48.8 Å². The molecule has 1 aromatic carbocycles. The molecule has 18 heavy (non-hydrogen) atoms. The van der Waals surface area contributed by atoms with Gasteiger partial charge in [0.05, 0.1) is 6.04 Å². The highest BCUT2D eigenvalue weighted by atomic mass is 79.9. The Labute approximate surface area is 121 Å². The van der Waals surface area contributed by atoms with E-state index in [0.29, 0.717) is 0 Å². The van der Waals surface area contributed by atoms with Crippen LogP contribution in [0.5, 0.6) is 0 Å². The molecule has 1 atom stereocenters. The second-order valence-electron chi connectivity index (χ2n) is 5.48. The molecule has 0 radical (unpaired) electrons. The summed E-state index contributed by atoms with van der Waals surface area (Å²) < 4.78 is 1.08. The summed E-state index contributed by atoms with van der Waals surface area (Å²) in [5, 5.41) is 0. The van der Waals surface area contributed by atoms with E-state index >= 15 is 0 Å². The van der Waals surface area contributed by atoms with Crippen LogP contribution in [0.3, 0.4) is 0 Å². The smallest absolute Gasteiger partial charge is 0.0646 e. The maximum absolute atomic E-state index is 6.32. The monoisotopic (exact) mass is 323 g/mol. The second-order valence-corrected chi connectivity index (χ2v) is 7.51. The average molecular weight is 324 g/mol. The van der Waals surface area contributed by atoms with E-state index in [4.69, 9.17) is 5.73 Å². The van der Waals surface area contributed by atoms with Gasteiger partial charge in [-0.15, -0.1) is 11.3 Å². The topological polar surface area (TPSA) is 26.0 Å². The molecule has 0 amide bonds. The minimum atomic E-state index is -0.0285. The minimum absolute atomic E-state index is 0.0285. The van der Waals surface area contributed by atoms with Crippen LogP contribution in [-0.4, -0.2) is 0 Å². The van der Waals surface area contributed by atoms with E-state index in [1.807, 2.05) is 23.5 Å². The van der Waals surface area contributed by atoms with Crippen LogP contribution in [0.4, 0.5) is 0 Å². The lowest BCUT2D eigenvalue weighted by molar-refractivity contribution is 0.604. The maximum atomic E-state index is 6.32. The summed E-state index contributed by atoms with van der Waals surface area (Å²) in [7, 11) is 0. The molecule has 2 rings (SSSR count). The Bertz CT molecular complexity index is 522. The van der Waals surface area contributed by atoms with E-state index in [0.717, 1.165) is 10.0 Å². The number of benzene rings is 1. The van der Waals surface area contributed by atoms with Gasteiger partial charge in [0.2, 0.25) is 0 Å². The van der Waals surface area contributed by atoms with Gasteiger partial charge in [0.15, 0.2) is 0 Å². The number of hydrogen-bond acceptors (Lipinski definition) is 2. The highest BCUT2D eigenvalue weighted by Crippen LogP contribution is 2.33. The van der Waals surface area contributed by atoms with Crippen molar-refractivity contribution in [3.63, 3.8) is 0 Å². The molecule has 0 saturated carbocycles. The third-order valence-corrected chi connectivity index (χ3v) is 5.02. The number of nitrogens with two attached hydrogens (primary N) is 1. The first-order valence-electron chi connectivity index (χ1n) is 5.99. The first kappa shape index (κ1) is 13.8. The largest absolute Gasteiger partial charge is 0.320 e. The van der Waals surface area contributed by atoms with Crippen LogP contribution in [0.15, 0.2) is 40.9 Å². The highest BCUT2D eigenvalue weighted by molar-refractivity contribution is 9.10. The molecule has 96 valence electrons. The molecule has 2 N–H and O–H groups in total. The van der Waals surface area contributed by atoms with E-state index < -0.39 is 0 Å². The van der Waals surface area contributed by atoms with Crippen molar-refractivity contribution in [1.29, 1.82) is 0 Å². The fourth-order valence-electron chi connectivity index (χ4n) is 1.76. The van der Waals surface area contributed by atoms with Crippen molar-refractivity contribution in [1.82, 2.24) is 0 Å². The molecule has 0 aliphatic heterocycles. The summed E-state index contributed by atoms with van der Waals surface area (Å²) in [6, 6.07) is 12.5. The van der Waals surface area contributed by atoms with Crippen molar-refractivity contribution >= 4 is 27.3 Å². The Morgan fingerprint density at radius 2 is 1.67 bits per heavy atom. The van der Waals surface area contributed by atoms with Crippen molar-refractivity contribution in [2.75, 3.05) is 0 Å². The zero-order chi connectivity index (χ0) is 13.3. The van der Waals surface area contributed by atoms with Crippen molar-refractivity contribution in [3.8, 4) is 0 Å². The summed E-state index contributed by atoms with van der Waals surface area (Å²) in [6.07, 6.45) is 0. The van der Waals surface area contributed by atoms with Crippen molar-refractivity contribution < 1.29 is 0 Å². The molecule has 0 saturated heterocycles. The predicted octanol–water partition coefficient (Wildman–Crippen LogP) is 4.86. The molecule has 1 nitrogen and oxygen atoms in total. The molecule has 1 aromatic heterocycles. The zero-order valence-corrected chi connectivity index (χ0v) is 13.3. The van der Waals surface area contributed by atoms with Gasteiger partial charge in [-0.25, -0.2) is 0 Å². The molecular weight excluding hydrogens is 306 g/mol. The summed E-state index contributed by atoms with van der Waals surface area (Å²) in [6.45, 7) is 6.69. The third kappa shape index (κ3) is 3.02. The number of halogens is 1. The van der Waals surface area contributed by atoms with Gasteiger partial charge >= 0.3 is 0 Å². The standard InChI is InChI=1S/C15H18BrNS/c1-15(2,3)13-9-8-12(18-13)14(17)10-4-6-11(16)7-5-10/h4-9,14H,17H2,1-3H3. The fourth-order valence-corrected chi connectivity index (χ4v) is 3.12. The van der Waals surface area contributed by atoms with Crippen molar-refractivity contribution in [2.45, 2.75) is 32.2 Å². The summed E-state index contributed by atoms with van der Waals surface area (Å²) in [4.78, 5) is 2.60. The molecule has 0 fully saturated rings. The minimum Gasteiger partial charge on any atom is -0.320 e. The van der Waals surface area contributed by atoms with Gasteiger partial charge in [-0.05, 0) is 35.2 Å². The lowest BCUT2D eigenvalue weighted by Gasteiger charge is -2.16. The Hall–Kier alpha value is -0.640. The van der Waals surface area contributed by atoms with Crippen LogP contribution >= 0.6 is 27.3 Å². The zero-order valence-electron chi connectivity index (χ0n) is 10.9. The lowest BCUT2D eigenvalue weighted by Crippen LogP contribution is -2.10. The van der Waals surface area contributed by atoms with Gasteiger partial charge in [0, 0.05) is 14.2 Å². The van der Waals surface area contributed by atoms with Gasteiger partial charge in [-0.3, -0.25) is 0 Å². The Kier molecular flexibility index (Phi) is 3.95. The van der Waals surface area contributed by atoms with Crippen molar-refractivity contribution in [2.24, 2.45) is 5.73 Å². The van der Waals surface area contributed by atoms with E-state index in [1.165, 1.54) is 9.75 Å². The molecule has 0 spiro atoms. The number of rotatable bonds is 2. The van der Waals surface area contributed by atoms with Crippen molar-refractivity contribution in [3.05, 3.63) is 56.2 Å². The van der Waals surface area contributed by atoms with Crippen LogP contribution < -0.4 is 5.73 Å². The average Bonchev–Trinajstić information content (AvgIpc) is 2.78. The van der Waals surface area contributed by atoms with Crippen LogP contribution in [0.25, 0.3) is 0 Å². The second kappa shape index (κ2) is 5.16. The van der Waals surface area contributed by atoms with Crippen LogP contribution in [0.2, 0.25) is 0 Å². The summed E-state index contributed by atoms with van der Waals surface area (Å²) >= 11 is 5.25. The quantitative estimate of drug-likeness (QED) is 0.839. The third-order valence-electron chi connectivity index (χ3n) is 2.90. The van der Waals surface area contributed by atoms with Crippen LogP contribution in [0, 0.1) is 0 Å². The molecule has 3 heteroatoms. The molecular formula is C15H18BrNS. The van der Waals surface area contributed by atoms with Gasteiger partial charge in [0.25, 0.3) is 0 Å². The first-order chi connectivity index (χ1) is 8.38. The van der Waals surface area contributed by atoms with E-state index in [2.05, 4.69) is 61.0 Å². The van der Waals surface area contributed by atoms with Crippen LogP contribution in [-0.2, 0) is 5.41 Å². The molecule has 0 bridgehead atoms. The molecule has 1 heterocycles. The van der Waals surface area contributed by atoms with Gasteiger partial charge in [-0.2, -0.15) is 0 Å². The Morgan fingerprint density at radius 3 is 2.17 bits per heavy atom.